The number of rotatable bonds is 2. The van der Waals surface area contributed by atoms with Gasteiger partial charge < -0.3 is 23.8 Å². The van der Waals surface area contributed by atoms with Gasteiger partial charge in [0.1, 0.15) is 11.4 Å². The number of hydrogen-bond acceptors (Lipinski definition) is 7. The maximum absolute atomic E-state index is 13.1. The van der Waals surface area contributed by atoms with Crippen molar-refractivity contribution < 1.29 is 33.3 Å². The molecule has 0 saturated carbocycles. The summed E-state index contributed by atoms with van der Waals surface area (Å²) in [6, 6.07) is 5.82. The van der Waals surface area contributed by atoms with Crippen molar-refractivity contribution in [3.8, 4) is 5.75 Å². The SMILES string of the molecule is CC(C)(C)OC(=O)N1CCC(c2ccc3c(c2)CCO3)(C2C(=O)OC(C)(C)OC2=O)CC1. The minimum atomic E-state index is -1.30. The predicted octanol–water partition coefficient (Wildman–Crippen LogP) is 3.34. The molecule has 0 bridgehead atoms. The van der Waals surface area contributed by atoms with Gasteiger partial charge in [-0.3, -0.25) is 9.59 Å². The smallest absolute Gasteiger partial charge is 0.410 e. The van der Waals surface area contributed by atoms with Crippen molar-refractivity contribution in [2.45, 2.75) is 70.7 Å². The van der Waals surface area contributed by atoms with E-state index in [9.17, 15) is 14.4 Å². The summed E-state index contributed by atoms with van der Waals surface area (Å²) in [7, 11) is 0. The fourth-order valence-corrected chi connectivity index (χ4v) is 4.83. The maximum Gasteiger partial charge on any atom is 0.410 e. The second kappa shape index (κ2) is 7.67. The molecular formula is C24H31NO7. The van der Waals surface area contributed by atoms with E-state index < -0.39 is 40.8 Å². The third-order valence-corrected chi connectivity index (χ3v) is 6.29. The summed E-state index contributed by atoms with van der Waals surface area (Å²) in [5.41, 5.74) is 0.466. The van der Waals surface area contributed by atoms with Gasteiger partial charge in [-0.25, -0.2) is 4.79 Å². The number of benzene rings is 1. The van der Waals surface area contributed by atoms with E-state index >= 15 is 0 Å². The van der Waals surface area contributed by atoms with E-state index in [0.29, 0.717) is 32.5 Å². The molecule has 2 saturated heterocycles. The normalized spacial score (nSPS) is 22.5. The molecule has 3 heterocycles. The van der Waals surface area contributed by atoms with E-state index in [4.69, 9.17) is 18.9 Å². The summed E-state index contributed by atoms with van der Waals surface area (Å²) in [6.07, 6.45) is 1.18. The van der Waals surface area contributed by atoms with Crippen molar-refractivity contribution in [2.24, 2.45) is 5.92 Å². The average Bonchev–Trinajstić information content (AvgIpc) is 3.13. The van der Waals surface area contributed by atoms with Crippen molar-refractivity contribution in [2.75, 3.05) is 19.7 Å². The number of fused-ring (bicyclic) bond motifs is 1. The molecule has 1 amide bonds. The molecule has 174 valence electrons. The highest BCUT2D eigenvalue weighted by Crippen LogP contribution is 2.47. The van der Waals surface area contributed by atoms with Gasteiger partial charge >= 0.3 is 18.0 Å². The first-order valence-corrected chi connectivity index (χ1v) is 11.1. The van der Waals surface area contributed by atoms with E-state index in [1.807, 2.05) is 39.0 Å². The van der Waals surface area contributed by atoms with Gasteiger partial charge in [0.25, 0.3) is 5.79 Å². The number of cyclic esters (lactones) is 2. The second-order valence-corrected chi connectivity index (χ2v) is 10.2. The van der Waals surface area contributed by atoms with Crippen LogP contribution in [0.1, 0.15) is 58.6 Å². The van der Waals surface area contributed by atoms with Crippen LogP contribution in [0.4, 0.5) is 4.79 Å². The van der Waals surface area contributed by atoms with Gasteiger partial charge in [0, 0.05) is 38.8 Å². The van der Waals surface area contributed by atoms with Gasteiger partial charge in [-0.15, -0.1) is 0 Å². The molecule has 0 N–H and O–H groups in total. The molecule has 2 fully saturated rings. The number of carbonyl (C=O) groups is 3. The van der Waals surface area contributed by atoms with Gasteiger partial charge in [-0.2, -0.15) is 0 Å². The molecular weight excluding hydrogens is 414 g/mol. The Morgan fingerprint density at radius 3 is 2.31 bits per heavy atom. The highest BCUT2D eigenvalue weighted by molar-refractivity contribution is 5.98. The van der Waals surface area contributed by atoms with Gasteiger partial charge in [0.05, 0.1) is 6.61 Å². The molecule has 8 nitrogen and oxygen atoms in total. The Morgan fingerprint density at radius 2 is 1.72 bits per heavy atom. The van der Waals surface area contributed by atoms with Crippen LogP contribution in [-0.2, 0) is 35.6 Å². The van der Waals surface area contributed by atoms with Crippen molar-refractivity contribution in [1.82, 2.24) is 4.90 Å². The fraction of sp³-hybridized carbons (Fsp3) is 0.625. The lowest BCUT2D eigenvalue weighted by atomic mass is 9.63. The van der Waals surface area contributed by atoms with Crippen LogP contribution in [0.2, 0.25) is 0 Å². The molecule has 3 aliphatic heterocycles. The standard InChI is InChI=1S/C24H31NO7/c1-22(2,3)32-21(28)25-11-9-24(10-12-25,16-6-7-17-15(14-16)8-13-29-17)18-19(26)30-23(4,5)31-20(18)27/h6-7,14,18H,8-13H2,1-5H3. The monoisotopic (exact) mass is 445 g/mol. The number of piperidine rings is 1. The van der Waals surface area contributed by atoms with Crippen molar-refractivity contribution in [3.63, 3.8) is 0 Å². The summed E-state index contributed by atoms with van der Waals surface area (Å²) in [5.74, 6) is -2.75. The lowest BCUT2D eigenvalue weighted by Gasteiger charge is -2.47. The Hall–Kier alpha value is -2.77. The number of nitrogens with zero attached hydrogens (tertiary/aromatic N) is 1. The third-order valence-electron chi connectivity index (χ3n) is 6.29. The van der Waals surface area contributed by atoms with Crippen LogP contribution >= 0.6 is 0 Å². The van der Waals surface area contributed by atoms with Gasteiger partial charge in [0.2, 0.25) is 0 Å². The minimum Gasteiger partial charge on any atom is -0.493 e. The molecule has 1 aromatic rings. The number of likely N-dealkylation sites (tertiary alicyclic amines) is 1. The van der Waals surface area contributed by atoms with Crippen LogP contribution in [0.5, 0.6) is 5.75 Å². The first-order chi connectivity index (χ1) is 14.9. The Labute approximate surface area is 188 Å². The van der Waals surface area contributed by atoms with Crippen LogP contribution < -0.4 is 4.74 Å². The lowest BCUT2D eigenvalue weighted by Crippen LogP contribution is -2.58. The van der Waals surface area contributed by atoms with Gasteiger partial charge in [0.15, 0.2) is 5.92 Å². The molecule has 0 unspecified atom stereocenters. The summed E-state index contributed by atoms with van der Waals surface area (Å²) in [4.78, 5) is 40.4. The highest BCUT2D eigenvalue weighted by atomic mass is 16.7. The molecule has 3 aliphatic rings. The second-order valence-electron chi connectivity index (χ2n) is 10.2. The average molecular weight is 446 g/mol. The maximum atomic E-state index is 13.1. The summed E-state index contributed by atoms with van der Waals surface area (Å²) < 4.78 is 22.1. The molecule has 1 aromatic carbocycles. The number of amides is 1. The van der Waals surface area contributed by atoms with Crippen molar-refractivity contribution in [3.05, 3.63) is 29.3 Å². The highest BCUT2D eigenvalue weighted by Gasteiger charge is 2.56. The predicted molar refractivity (Wildman–Crippen MR) is 114 cm³/mol. The van der Waals surface area contributed by atoms with Crippen LogP contribution in [0.15, 0.2) is 18.2 Å². The largest absolute Gasteiger partial charge is 0.493 e. The van der Waals surface area contributed by atoms with E-state index in [1.165, 1.54) is 0 Å². The molecule has 0 aliphatic carbocycles. The Kier molecular flexibility index (Phi) is 5.38. The zero-order valence-corrected chi connectivity index (χ0v) is 19.4. The topological polar surface area (TPSA) is 91.4 Å². The lowest BCUT2D eigenvalue weighted by molar-refractivity contribution is -0.244. The molecule has 0 aromatic heterocycles. The number of hydrogen-bond donors (Lipinski definition) is 0. The fourth-order valence-electron chi connectivity index (χ4n) is 4.83. The zero-order valence-electron chi connectivity index (χ0n) is 19.4. The molecule has 8 heteroatoms. The Morgan fingerprint density at radius 1 is 1.09 bits per heavy atom. The first-order valence-electron chi connectivity index (χ1n) is 11.1. The van der Waals surface area contributed by atoms with Crippen LogP contribution in [0, 0.1) is 5.92 Å². The Balaban J connectivity index is 1.67. The number of carbonyl (C=O) groups excluding carboxylic acids is 3. The third kappa shape index (κ3) is 4.14. The van der Waals surface area contributed by atoms with Crippen LogP contribution in [0.25, 0.3) is 0 Å². The van der Waals surface area contributed by atoms with Crippen molar-refractivity contribution in [1.29, 1.82) is 0 Å². The van der Waals surface area contributed by atoms with E-state index in [2.05, 4.69) is 0 Å². The van der Waals surface area contributed by atoms with Gasteiger partial charge in [-0.05, 0) is 50.8 Å². The number of ether oxygens (including phenoxy) is 4. The Bertz CT molecular complexity index is 918. The van der Waals surface area contributed by atoms with Crippen LogP contribution in [0.3, 0.4) is 0 Å². The summed E-state index contributed by atoms with van der Waals surface area (Å²) in [6.45, 7) is 9.86. The first kappa shape index (κ1) is 22.4. The van der Waals surface area contributed by atoms with Gasteiger partial charge in [-0.1, -0.05) is 12.1 Å². The quantitative estimate of drug-likeness (QED) is 0.509. The molecule has 4 rings (SSSR count). The summed E-state index contributed by atoms with van der Waals surface area (Å²) >= 11 is 0. The molecule has 0 radical (unpaired) electrons. The number of esters is 2. The zero-order chi connectivity index (χ0) is 23.3. The minimum absolute atomic E-state index is 0.350. The van der Waals surface area contributed by atoms with Crippen LogP contribution in [-0.4, -0.2) is 54.0 Å². The molecule has 0 spiro atoms. The van der Waals surface area contributed by atoms with E-state index in [0.717, 1.165) is 23.3 Å². The van der Waals surface area contributed by atoms with E-state index in [1.54, 1.807) is 18.7 Å². The van der Waals surface area contributed by atoms with E-state index in [-0.39, 0.29) is 0 Å². The summed E-state index contributed by atoms with van der Waals surface area (Å²) in [5, 5.41) is 0. The van der Waals surface area contributed by atoms with Crippen molar-refractivity contribution >= 4 is 18.0 Å². The molecule has 0 atom stereocenters. The molecule has 32 heavy (non-hydrogen) atoms.